The van der Waals surface area contributed by atoms with Crippen LogP contribution in [0.2, 0.25) is 0 Å². The molecule has 0 unspecified atom stereocenters. The number of phenolic OH excluding ortho intramolecular Hbond substituents is 2. The molecule has 18 heavy (non-hydrogen) atoms. The zero-order chi connectivity index (χ0) is 13.1. The topological polar surface area (TPSA) is 102 Å². The molecular formula is C11H10N2O4S. The number of H-pyrrole nitrogens is 1. The maximum atomic E-state index is 11.7. The standard InChI is InChI=1S/C11H10N2O4S/c14-7-1-2-9(15)8(3-7)10(16)12-4-6-5-18-11(17)13-6/h1-3,5,14-15H,4H2,(H,12,16)(H,13,17). The van der Waals surface area contributed by atoms with Gasteiger partial charge in [-0.15, -0.1) is 0 Å². The van der Waals surface area contributed by atoms with Gasteiger partial charge in [0.05, 0.1) is 12.1 Å². The fourth-order valence-electron chi connectivity index (χ4n) is 1.38. The van der Waals surface area contributed by atoms with Crippen molar-refractivity contribution < 1.29 is 15.0 Å². The third kappa shape index (κ3) is 2.69. The first-order valence-corrected chi connectivity index (χ1v) is 5.91. The molecule has 6 nitrogen and oxygen atoms in total. The first kappa shape index (κ1) is 12.2. The van der Waals surface area contributed by atoms with E-state index in [0.717, 1.165) is 11.3 Å². The highest BCUT2D eigenvalue weighted by molar-refractivity contribution is 7.07. The summed E-state index contributed by atoms with van der Waals surface area (Å²) in [7, 11) is 0. The lowest BCUT2D eigenvalue weighted by Crippen LogP contribution is -2.23. The largest absolute Gasteiger partial charge is 0.508 e. The van der Waals surface area contributed by atoms with Crippen LogP contribution in [0.15, 0.2) is 28.4 Å². The SMILES string of the molecule is O=C(NCc1csc(=O)[nH]1)c1cc(O)ccc1O. The van der Waals surface area contributed by atoms with Gasteiger partial charge in [-0.2, -0.15) is 0 Å². The fraction of sp³-hybridized carbons (Fsp3) is 0.0909. The van der Waals surface area contributed by atoms with Crippen molar-refractivity contribution in [3.63, 3.8) is 0 Å². The number of aromatic amines is 1. The number of carbonyl (C=O) groups excluding carboxylic acids is 1. The van der Waals surface area contributed by atoms with Crippen molar-refractivity contribution in [2.75, 3.05) is 0 Å². The van der Waals surface area contributed by atoms with Gasteiger partial charge in [-0.3, -0.25) is 9.59 Å². The van der Waals surface area contributed by atoms with Crippen molar-refractivity contribution >= 4 is 17.2 Å². The molecule has 0 aliphatic heterocycles. The molecule has 0 bridgehead atoms. The van der Waals surface area contributed by atoms with E-state index in [0.29, 0.717) is 5.69 Å². The Morgan fingerprint density at radius 3 is 2.83 bits per heavy atom. The highest BCUT2D eigenvalue weighted by Crippen LogP contribution is 2.21. The minimum atomic E-state index is -0.532. The highest BCUT2D eigenvalue weighted by atomic mass is 32.1. The minimum absolute atomic E-state index is 0.0208. The molecule has 2 rings (SSSR count). The van der Waals surface area contributed by atoms with Gasteiger partial charge in [0.2, 0.25) is 0 Å². The third-order valence-corrected chi connectivity index (χ3v) is 2.95. The maximum absolute atomic E-state index is 11.7. The van der Waals surface area contributed by atoms with Crippen molar-refractivity contribution in [1.82, 2.24) is 10.3 Å². The van der Waals surface area contributed by atoms with Gasteiger partial charge in [0.1, 0.15) is 11.5 Å². The lowest BCUT2D eigenvalue weighted by atomic mass is 10.2. The summed E-state index contributed by atoms with van der Waals surface area (Å²) >= 11 is 1.01. The second-order valence-corrected chi connectivity index (χ2v) is 4.40. The minimum Gasteiger partial charge on any atom is -0.508 e. The van der Waals surface area contributed by atoms with Gasteiger partial charge >= 0.3 is 4.87 Å². The number of thiazole rings is 1. The van der Waals surface area contributed by atoms with Crippen LogP contribution in [0, 0.1) is 0 Å². The van der Waals surface area contributed by atoms with Crippen LogP contribution in [-0.4, -0.2) is 21.1 Å². The molecule has 4 N–H and O–H groups in total. The molecule has 0 aliphatic carbocycles. The average molecular weight is 266 g/mol. The predicted octanol–water partition coefficient (Wildman–Crippen LogP) is 0.778. The van der Waals surface area contributed by atoms with Crippen LogP contribution in [0.5, 0.6) is 11.5 Å². The van der Waals surface area contributed by atoms with E-state index in [-0.39, 0.29) is 28.5 Å². The first-order valence-electron chi connectivity index (χ1n) is 5.03. The van der Waals surface area contributed by atoms with Gasteiger partial charge in [-0.05, 0) is 18.2 Å². The van der Waals surface area contributed by atoms with Crippen molar-refractivity contribution in [1.29, 1.82) is 0 Å². The Balaban J connectivity index is 2.08. The van der Waals surface area contributed by atoms with Crippen LogP contribution in [0.25, 0.3) is 0 Å². The summed E-state index contributed by atoms with van der Waals surface area (Å²) in [4.78, 5) is 25.0. The van der Waals surface area contributed by atoms with Gasteiger partial charge in [-0.1, -0.05) is 11.3 Å². The zero-order valence-electron chi connectivity index (χ0n) is 9.14. The summed E-state index contributed by atoms with van der Waals surface area (Å²) in [5.74, 6) is -0.860. The second-order valence-electron chi connectivity index (χ2n) is 3.56. The fourth-order valence-corrected chi connectivity index (χ4v) is 1.96. The van der Waals surface area contributed by atoms with Crippen molar-refractivity contribution in [3.05, 3.63) is 44.5 Å². The van der Waals surface area contributed by atoms with E-state index in [1.165, 1.54) is 18.2 Å². The van der Waals surface area contributed by atoms with E-state index in [1.54, 1.807) is 5.38 Å². The summed E-state index contributed by atoms with van der Waals surface area (Å²) in [6.45, 7) is 0.146. The Morgan fingerprint density at radius 2 is 2.17 bits per heavy atom. The Morgan fingerprint density at radius 1 is 1.39 bits per heavy atom. The molecule has 1 amide bonds. The molecule has 0 radical (unpaired) electrons. The third-order valence-electron chi connectivity index (χ3n) is 2.24. The lowest BCUT2D eigenvalue weighted by Gasteiger charge is -2.06. The van der Waals surface area contributed by atoms with Gasteiger partial charge in [0, 0.05) is 11.1 Å². The monoisotopic (exact) mass is 266 g/mol. The van der Waals surface area contributed by atoms with E-state index in [2.05, 4.69) is 10.3 Å². The highest BCUT2D eigenvalue weighted by Gasteiger charge is 2.11. The number of amides is 1. The Hall–Kier alpha value is -2.28. The van der Waals surface area contributed by atoms with Crippen molar-refractivity contribution in [3.8, 4) is 11.5 Å². The van der Waals surface area contributed by atoms with Crippen molar-refractivity contribution in [2.45, 2.75) is 6.54 Å². The average Bonchev–Trinajstić information content (AvgIpc) is 2.75. The number of benzene rings is 1. The van der Waals surface area contributed by atoms with Gasteiger partial charge < -0.3 is 20.5 Å². The van der Waals surface area contributed by atoms with Crippen LogP contribution in [0.1, 0.15) is 16.1 Å². The normalized spacial score (nSPS) is 10.2. The summed E-state index contributed by atoms with van der Waals surface area (Å²) in [5, 5.41) is 22.8. The molecule has 1 heterocycles. The molecule has 2 aromatic rings. The lowest BCUT2D eigenvalue weighted by molar-refractivity contribution is 0.0947. The summed E-state index contributed by atoms with van der Waals surface area (Å²) in [5.41, 5.74) is 0.561. The van der Waals surface area contributed by atoms with E-state index in [9.17, 15) is 19.8 Å². The smallest absolute Gasteiger partial charge is 0.304 e. The summed E-state index contributed by atoms with van der Waals surface area (Å²) < 4.78 is 0. The maximum Gasteiger partial charge on any atom is 0.304 e. The number of aromatic hydroxyl groups is 2. The molecule has 7 heteroatoms. The van der Waals surface area contributed by atoms with Crippen LogP contribution in [-0.2, 0) is 6.54 Å². The van der Waals surface area contributed by atoms with Crippen LogP contribution < -0.4 is 10.2 Å². The van der Waals surface area contributed by atoms with Crippen LogP contribution in [0.4, 0.5) is 0 Å². The summed E-state index contributed by atoms with van der Waals surface area (Å²) in [6.07, 6.45) is 0. The van der Waals surface area contributed by atoms with E-state index < -0.39 is 5.91 Å². The molecular weight excluding hydrogens is 256 g/mol. The molecule has 94 valence electrons. The number of phenols is 2. The van der Waals surface area contributed by atoms with Crippen LogP contribution >= 0.6 is 11.3 Å². The number of hydrogen-bond acceptors (Lipinski definition) is 5. The number of aromatic nitrogens is 1. The Kier molecular flexibility index (Phi) is 3.33. The Labute approximate surface area is 106 Å². The zero-order valence-corrected chi connectivity index (χ0v) is 9.95. The molecule has 1 aromatic heterocycles. The summed E-state index contributed by atoms with van der Waals surface area (Å²) in [6, 6.07) is 3.68. The molecule has 0 atom stereocenters. The van der Waals surface area contributed by atoms with Crippen LogP contribution in [0.3, 0.4) is 0 Å². The molecule has 0 aliphatic rings. The van der Waals surface area contributed by atoms with Gasteiger partial charge in [0.25, 0.3) is 5.91 Å². The Bertz CT molecular complexity index is 632. The molecule has 0 saturated heterocycles. The number of hydrogen-bond donors (Lipinski definition) is 4. The van der Waals surface area contributed by atoms with E-state index in [4.69, 9.17) is 0 Å². The molecule has 0 spiro atoms. The molecule has 0 fully saturated rings. The quantitative estimate of drug-likeness (QED) is 0.616. The second kappa shape index (κ2) is 4.92. The van der Waals surface area contributed by atoms with E-state index >= 15 is 0 Å². The predicted molar refractivity (Wildman–Crippen MR) is 65.9 cm³/mol. The number of rotatable bonds is 3. The molecule has 0 saturated carbocycles. The number of nitrogens with one attached hydrogen (secondary N) is 2. The first-order chi connectivity index (χ1) is 8.56. The number of carbonyl (C=O) groups is 1. The van der Waals surface area contributed by atoms with Gasteiger partial charge in [0.15, 0.2) is 0 Å². The van der Waals surface area contributed by atoms with E-state index in [1.807, 2.05) is 0 Å². The van der Waals surface area contributed by atoms with Gasteiger partial charge in [-0.25, -0.2) is 0 Å². The molecule has 1 aromatic carbocycles. The van der Waals surface area contributed by atoms with Crippen molar-refractivity contribution in [2.24, 2.45) is 0 Å².